The number of thiophene rings is 1. The molecule has 198 valence electrons. The zero-order valence-corrected chi connectivity index (χ0v) is 23.8. The smallest absolute Gasteiger partial charge is 0.257 e. The van der Waals surface area contributed by atoms with Crippen molar-refractivity contribution >= 4 is 38.2 Å². The van der Waals surface area contributed by atoms with E-state index in [1.165, 1.54) is 49.7 Å². The van der Waals surface area contributed by atoms with Crippen molar-refractivity contribution in [3.8, 4) is 0 Å². The third-order valence-electron chi connectivity index (χ3n) is 6.43. The summed E-state index contributed by atoms with van der Waals surface area (Å²) in [6.45, 7) is 11.4. The number of hydrogen-bond acceptors (Lipinski definition) is 6. The Morgan fingerprint density at radius 2 is 1.69 bits per heavy atom. The van der Waals surface area contributed by atoms with Gasteiger partial charge in [0.15, 0.2) is 0 Å². The lowest BCUT2D eigenvalue weighted by Gasteiger charge is -2.31. The van der Waals surface area contributed by atoms with Crippen LogP contribution in [-0.4, -0.2) is 74.1 Å². The van der Waals surface area contributed by atoms with Crippen LogP contribution < -0.4 is 5.32 Å². The molecular formula is C26H38N4O4S2. The number of nitrogens with one attached hydrogen (secondary N) is 1. The average molecular weight is 535 g/mol. The third kappa shape index (κ3) is 5.99. The molecule has 1 aromatic heterocycles. The normalized spacial score (nSPS) is 14.2. The number of sulfonamides is 1. The molecule has 8 nitrogen and oxygen atoms in total. The maximum Gasteiger partial charge on any atom is 0.257 e. The molecule has 1 N–H and O–H groups in total. The van der Waals surface area contributed by atoms with E-state index in [-0.39, 0.29) is 16.7 Å². The fourth-order valence-corrected chi connectivity index (χ4v) is 6.52. The van der Waals surface area contributed by atoms with Gasteiger partial charge in [-0.05, 0) is 62.9 Å². The van der Waals surface area contributed by atoms with Gasteiger partial charge in [0, 0.05) is 56.8 Å². The van der Waals surface area contributed by atoms with E-state index in [1.807, 2.05) is 4.90 Å². The van der Waals surface area contributed by atoms with Crippen LogP contribution in [-0.2, 0) is 23.0 Å². The molecule has 1 aromatic carbocycles. The van der Waals surface area contributed by atoms with Gasteiger partial charge in [0.25, 0.3) is 11.8 Å². The number of nitrogens with zero attached hydrogens (tertiary/aromatic N) is 3. The maximum atomic E-state index is 13.7. The molecule has 36 heavy (non-hydrogen) atoms. The van der Waals surface area contributed by atoms with E-state index in [4.69, 9.17) is 0 Å². The van der Waals surface area contributed by atoms with Gasteiger partial charge in [-0.1, -0.05) is 13.8 Å². The van der Waals surface area contributed by atoms with E-state index < -0.39 is 10.0 Å². The molecule has 1 aliphatic heterocycles. The standard InChI is InChI=1S/C26H38N4O4S2/c1-7-14-29(15-8-2)26(32)23-21-13-16-30(18(3)4)17-22(21)35-25(23)27-24(31)19-9-11-20(12-10-19)36(33,34)28(5)6/h9-12,18H,7-8,13-17H2,1-6H3,(H,27,31). The lowest BCUT2D eigenvalue weighted by molar-refractivity contribution is 0.0755. The van der Waals surface area contributed by atoms with Crippen LogP contribution in [0, 0.1) is 0 Å². The SMILES string of the molecule is CCCN(CCC)C(=O)c1c(NC(=O)c2ccc(S(=O)(=O)N(C)C)cc2)sc2c1CCN(C(C)C)C2. The number of hydrogen-bond donors (Lipinski definition) is 1. The highest BCUT2D eigenvalue weighted by atomic mass is 32.2. The summed E-state index contributed by atoms with van der Waals surface area (Å²) in [5, 5.41) is 3.55. The lowest BCUT2D eigenvalue weighted by atomic mass is 10.0. The minimum Gasteiger partial charge on any atom is -0.339 e. The Labute approximate surface area is 219 Å². The first-order valence-electron chi connectivity index (χ1n) is 12.5. The summed E-state index contributed by atoms with van der Waals surface area (Å²) in [6.07, 6.45) is 2.50. The molecule has 2 amide bonds. The molecule has 0 fully saturated rings. The molecule has 0 atom stereocenters. The summed E-state index contributed by atoms with van der Waals surface area (Å²) in [5.41, 5.74) is 1.99. The Balaban J connectivity index is 1.95. The van der Waals surface area contributed by atoms with E-state index in [0.717, 1.165) is 47.1 Å². The molecule has 10 heteroatoms. The Hall–Kier alpha value is -2.27. The van der Waals surface area contributed by atoms with Gasteiger partial charge < -0.3 is 10.2 Å². The van der Waals surface area contributed by atoms with Crippen molar-refractivity contribution in [2.75, 3.05) is 39.0 Å². The van der Waals surface area contributed by atoms with Gasteiger partial charge in [-0.15, -0.1) is 11.3 Å². The zero-order chi connectivity index (χ0) is 26.6. The van der Waals surface area contributed by atoms with Crippen LogP contribution in [0.1, 0.15) is 71.7 Å². The van der Waals surface area contributed by atoms with Gasteiger partial charge in [-0.25, -0.2) is 12.7 Å². The van der Waals surface area contributed by atoms with E-state index in [1.54, 1.807) is 0 Å². The first kappa shape index (κ1) is 28.3. The molecule has 0 spiro atoms. The van der Waals surface area contributed by atoms with Crippen molar-refractivity contribution < 1.29 is 18.0 Å². The van der Waals surface area contributed by atoms with E-state index in [0.29, 0.717) is 35.3 Å². The Bertz CT molecular complexity index is 1180. The highest BCUT2D eigenvalue weighted by Crippen LogP contribution is 2.38. The van der Waals surface area contributed by atoms with E-state index in [2.05, 4.69) is 37.9 Å². The molecule has 2 heterocycles. The molecule has 0 saturated carbocycles. The lowest BCUT2D eigenvalue weighted by Crippen LogP contribution is -2.37. The van der Waals surface area contributed by atoms with Crippen molar-refractivity contribution in [1.82, 2.24) is 14.1 Å². The minimum absolute atomic E-state index is 0.0306. The Morgan fingerprint density at radius 1 is 1.08 bits per heavy atom. The highest BCUT2D eigenvalue weighted by Gasteiger charge is 2.31. The summed E-state index contributed by atoms with van der Waals surface area (Å²) in [5.74, 6) is -0.397. The number of carbonyl (C=O) groups excluding carboxylic acids is 2. The van der Waals surface area contributed by atoms with Gasteiger partial charge >= 0.3 is 0 Å². The van der Waals surface area contributed by atoms with Gasteiger partial charge in [-0.2, -0.15) is 0 Å². The van der Waals surface area contributed by atoms with Crippen molar-refractivity contribution in [3.63, 3.8) is 0 Å². The van der Waals surface area contributed by atoms with Crippen molar-refractivity contribution in [3.05, 3.63) is 45.8 Å². The van der Waals surface area contributed by atoms with Crippen LogP contribution in [0.25, 0.3) is 0 Å². The van der Waals surface area contributed by atoms with Gasteiger partial charge in [0.1, 0.15) is 5.00 Å². The molecule has 0 saturated heterocycles. The molecule has 1 aliphatic rings. The number of rotatable bonds is 10. The molecular weight excluding hydrogens is 496 g/mol. The quantitative estimate of drug-likeness (QED) is 0.491. The van der Waals surface area contributed by atoms with Crippen molar-refractivity contribution in [1.29, 1.82) is 0 Å². The second-order valence-corrected chi connectivity index (χ2v) is 12.8. The third-order valence-corrected chi connectivity index (χ3v) is 9.39. The summed E-state index contributed by atoms with van der Waals surface area (Å²) in [6, 6.07) is 6.26. The van der Waals surface area contributed by atoms with Gasteiger partial charge in [-0.3, -0.25) is 14.5 Å². The number of carbonyl (C=O) groups is 2. The second kappa shape index (κ2) is 11.9. The number of amides is 2. The van der Waals surface area contributed by atoms with Crippen LogP contribution >= 0.6 is 11.3 Å². The predicted octanol–water partition coefficient (Wildman–Crippen LogP) is 4.28. The molecule has 0 radical (unpaired) electrons. The molecule has 0 aliphatic carbocycles. The van der Waals surface area contributed by atoms with Crippen LogP contribution in [0.3, 0.4) is 0 Å². The first-order valence-corrected chi connectivity index (χ1v) is 14.8. The first-order chi connectivity index (χ1) is 17.0. The molecule has 2 aromatic rings. The predicted molar refractivity (Wildman–Crippen MR) is 145 cm³/mol. The monoisotopic (exact) mass is 534 g/mol. The molecule has 0 bridgehead atoms. The van der Waals surface area contributed by atoms with Gasteiger partial charge in [0.05, 0.1) is 10.5 Å². The van der Waals surface area contributed by atoms with E-state index >= 15 is 0 Å². The minimum atomic E-state index is -3.58. The van der Waals surface area contributed by atoms with Crippen LogP contribution in [0.15, 0.2) is 29.2 Å². The zero-order valence-electron chi connectivity index (χ0n) is 22.1. The molecule has 3 rings (SSSR count). The Morgan fingerprint density at radius 3 is 2.22 bits per heavy atom. The molecule has 0 unspecified atom stereocenters. The topological polar surface area (TPSA) is 90.0 Å². The van der Waals surface area contributed by atoms with Crippen LogP contribution in [0.2, 0.25) is 0 Å². The van der Waals surface area contributed by atoms with Gasteiger partial charge in [0.2, 0.25) is 10.0 Å². The fourth-order valence-electron chi connectivity index (χ4n) is 4.36. The summed E-state index contributed by atoms with van der Waals surface area (Å²) >= 11 is 1.48. The average Bonchev–Trinajstić information content (AvgIpc) is 3.20. The summed E-state index contributed by atoms with van der Waals surface area (Å²) < 4.78 is 25.9. The highest BCUT2D eigenvalue weighted by molar-refractivity contribution is 7.89. The summed E-state index contributed by atoms with van der Waals surface area (Å²) in [7, 11) is -0.650. The van der Waals surface area contributed by atoms with E-state index in [9.17, 15) is 18.0 Å². The fraction of sp³-hybridized carbons (Fsp3) is 0.538. The number of benzene rings is 1. The van der Waals surface area contributed by atoms with Crippen molar-refractivity contribution in [2.45, 2.75) is 64.4 Å². The largest absolute Gasteiger partial charge is 0.339 e. The van der Waals surface area contributed by atoms with Crippen LogP contribution in [0.5, 0.6) is 0 Å². The second-order valence-electron chi connectivity index (χ2n) is 9.58. The maximum absolute atomic E-state index is 13.7. The summed E-state index contributed by atoms with van der Waals surface area (Å²) in [4.78, 5) is 32.4. The number of anilines is 1. The van der Waals surface area contributed by atoms with Crippen LogP contribution in [0.4, 0.5) is 5.00 Å². The number of fused-ring (bicyclic) bond motifs is 1. The Kier molecular flexibility index (Phi) is 9.32. The van der Waals surface area contributed by atoms with Crippen molar-refractivity contribution in [2.24, 2.45) is 0 Å².